The molecule has 19 heavy (non-hydrogen) atoms. The monoisotopic (exact) mass is 264 g/mol. The van der Waals surface area contributed by atoms with Gasteiger partial charge in [-0.05, 0) is 69.9 Å². The van der Waals surface area contributed by atoms with Crippen LogP contribution >= 0.6 is 0 Å². The maximum atomic E-state index is 3.60. The Balaban J connectivity index is 1.56. The molecule has 0 bridgehead atoms. The van der Waals surface area contributed by atoms with Crippen LogP contribution in [0, 0.1) is 5.41 Å². The van der Waals surface area contributed by atoms with E-state index >= 15 is 0 Å². The van der Waals surface area contributed by atoms with Crippen LogP contribution in [-0.4, -0.2) is 36.6 Å². The molecule has 3 fully saturated rings. The fraction of sp³-hybridized carbons (Fsp3) is 1.00. The smallest absolute Gasteiger partial charge is 0.0223 e. The Kier molecular flexibility index (Phi) is 4.48. The number of rotatable bonds is 3. The van der Waals surface area contributed by atoms with Gasteiger partial charge in [0.25, 0.3) is 0 Å². The van der Waals surface area contributed by atoms with Crippen molar-refractivity contribution >= 4 is 0 Å². The Hall–Kier alpha value is -0.0800. The summed E-state index contributed by atoms with van der Waals surface area (Å²) in [7, 11) is 0. The largest absolute Gasteiger partial charge is 0.315 e. The summed E-state index contributed by atoms with van der Waals surface area (Å²) in [6.45, 7) is 6.09. The molecule has 0 aromatic carbocycles. The van der Waals surface area contributed by atoms with Gasteiger partial charge in [-0.3, -0.25) is 4.90 Å². The summed E-state index contributed by atoms with van der Waals surface area (Å²) in [4.78, 5) is 2.84. The highest BCUT2D eigenvalue weighted by atomic mass is 15.2. The first kappa shape index (κ1) is 13.9. The third-order valence-electron chi connectivity index (χ3n) is 6.25. The molecule has 1 saturated heterocycles. The third kappa shape index (κ3) is 3.00. The van der Waals surface area contributed by atoms with E-state index in [2.05, 4.69) is 17.1 Å². The minimum Gasteiger partial charge on any atom is -0.315 e. The van der Waals surface area contributed by atoms with Crippen LogP contribution in [0.5, 0.6) is 0 Å². The van der Waals surface area contributed by atoms with Gasteiger partial charge in [-0.1, -0.05) is 19.8 Å². The molecular formula is C17H32N2. The van der Waals surface area contributed by atoms with Crippen molar-refractivity contribution in [1.82, 2.24) is 10.2 Å². The molecule has 1 atom stereocenters. The predicted molar refractivity (Wildman–Crippen MR) is 81.4 cm³/mol. The van der Waals surface area contributed by atoms with Crippen molar-refractivity contribution in [2.45, 2.75) is 83.2 Å². The van der Waals surface area contributed by atoms with Crippen molar-refractivity contribution in [3.8, 4) is 0 Å². The Morgan fingerprint density at radius 3 is 2.26 bits per heavy atom. The van der Waals surface area contributed by atoms with Crippen LogP contribution in [0.2, 0.25) is 0 Å². The normalized spacial score (nSPS) is 32.2. The number of nitrogens with zero attached hydrogens (tertiary/aromatic N) is 1. The van der Waals surface area contributed by atoms with Gasteiger partial charge in [0, 0.05) is 18.6 Å². The number of hydrogen-bond donors (Lipinski definition) is 1. The molecular weight excluding hydrogens is 232 g/mol. The highest BCUT2D eigenvalue weighted by molar-refractivity contribution is 4.93. The van der Waals surface area contributed by atoms with E-state index in [0.29, 0.717) is 0 Å². The van der Waals surface area contributed by atoms with Gasteiger partial charge in [0.05, 0.1) is 0 Å². The lowest BCUT2D eigenvalue weighted by Gasteiger charge is -2.45. The second kappa shape index (κ2) is 6.13. The molecule has 0 amide bonds. The van der Waals surface area contributed by atoms with E-state index in [0.717, 1.165) is 17.5 Å². The fourth-order valence-electron chi connectivity index (χ4n) is 5.10. The second-order valence-electron chi connectivity index (χ2n) is 7.27. The molecule has 3 rings (SSSR count). The highest BCUT2D eigenvalue weighted by Gasteiger charge is 2.39. The minimum atomic E-state index is 0.792. The minimum absolute atomic E-state index is 0.792. The lowest BCUT2D eigenvalue weighted by Crippen LogP contribution is -2.51. The molecule has 1 heterocycles. The van der Waals surface area contributed by atoms with Gasteiger partial charge in [-0.15, -0.1) is 0 Å². The van der Waals surface area contributed by atoms with E-state index < -0.39 is 0 Å². The molecule has 2 saturated carbocycles. The lowest BCUT2D eigenvalue weighted by atomic mass is 9.71. The highest BCUT2D eigenvalue weighted by Crippen LogP contribution is 2.49. The Morgan fingerprint density at radius 2 is 1.68 bits per heavy atom. The van der Waals surface area contributed by atoms with Crippen LogP contribution in [0.4, 0.5) is 0 Å². The van der Waals surface area contributed by atoms with Crippen LogP contribution in [0.25, 0.3) is 0 Å². The number of hydrogen-bond acceptors (Lipinski definition) is 2. The zero-order valence-electron chi connectivity index (χ0n) is 12.8. The SMILES string of the molecule is CCN(C1CCC2(CCCC2)CC1)C1CCCNC1. The third-order valence-corrected chi connectivity index (χ3v) is 6.25. The molecule has 0 aromatic rings. The summed E-state index contributed by atoms with van der Waals surface area (Å²) in [6, 6.07) is 1.71. The molecule has 1 N–H and O–H groups in total. The van der Waals surface area contributed by atoms with Crippen LogP contribution in [0.3, 0.4) is 0 Å². The number of nitrogens with one attached hydrogen (secondary N) is 1. The molecule has 3 aliphatic rings. The zero-order chi connectivity index (χ0) is 13.1. The van der Waals surface area contributed by atoms with Gasteiger partial charge >= 0.3 is 0 Å². The first-order valence-corrected chi connectivity index (χ1v) is 8.79. The predicted octanol–water partition coefficient (Wildman–Crippen LogP) is 3.56. The Labute approximate surface area is 119 Å². The van der Waals surface area contributed by atoms with Crippen molar-refractivity contribution in [3.63, 3.8) is 0 Å². The van der Waals surface area contributed by atoms with Crippen LogP contribution in [0.1, 0.15) is 71.1 Å². The molecule has 1 spiro atoms. The van der Waals surface area contributed by atoms with Gasteiger partial charge in [-0.2, -0.15) is 0 Å². The Morgan fingerprint density at radius 1 is 0.947 bits per heavy atom. The van der Waals surface area contributed by atoms with E-state index in [4.69, 9.17) is 0 Å². The summed E-state index contributed by atoms with van der Waals surface area (Å²) in [5.74, 6) is 0. The summed E-state index contributed by atoms with van der Waals surface area (Å²) < 4.78 is 0. The van der Waals surface area contributed by atoms with Crippen LogP contribution in [-0.2, 0) is 0 Å². The molecule has 110 valence electrons. The van der Waals surface area contributed by atoms with E-state index in [1.54, 1.807) is 0 Å². The summed E-state index contributed by atoms with van der Waals surface area (Å²) in [5, 5.41) is 3.60. The van der Waals surface area contributed by atoms with Crippen LogP contribution < -0.4 is 5.32 Å². The zero-order valence-corrected chi connectivity index (χ0v) is 12.8. The van der Waals surface area contributed by atoms with Crippen molar-refractivity contribution in [1.29, 1.82) is 0 Å². The number of piperidine rings is 1. The quantitative estimate of drug-likeness (QED) is 0.838. The molecule has 2 nitrogen and oxygen atoms in total. The first-order chi connectivity index (χ1) is 9.33. The van der Waals surface area contributed by atoms with Crippen molar-refractivity contribution < 1.29 is 0 Å². The van der Waals surface area contributed by atoms with Gasteiger partial charge in [0.1, 0.15) is 0 Å². The molecule has 0 radical (unpaired) electrons. The van der Waals surface area contributed by atoms with E-state index in [1.807, 2.05) is 0 Å². The fourth-order valence-corrected chi connectivity index (χ4v) is 5.10. The molecule has 2 aliphatic carbocycles. The van der Waals surface area contributed by atoms with E-state index in [9.17, 15) is 0 Å². The molecule has 1 unspecified atom stereocenters. The maximum Gasteiger partial charge on any atom is 0.0223 e. The van der Waals surface area contributed by atoms with Crippen molar-refractivity contribution in [2.24, 2.45) is 5.41 Å². The molecule has 1 aliphatic heterocycles. The van der Waals surface area contributed by atoms with Crippen molar-refractivity contribution in [3.05, 3.63) is 0 Å². The summed E-state index contributed by atoms with van der Waals surface area (Å²) in [6.07, 6.45) is 14.9. The Bertz CT molecular complexity index is 267. The molecule has 2 heteroatoms. The number of likely N-dealkylation sites (N-methyl/N-ethyl adjacent to an activating group) is 1. The summed E-state index contributed by atoms with van der Waals surface area (Å²) in [5.41, 5.74) is 0.792. The van der Waals surface area contributed by atoms with Gasteiger partial charge < -0.3 is 5.32 Å². The van der Waals surface area contributed by atoms with Gasteiger partial charge in [0.2, 0.25) is 0 Å². The maximum absolute atomic E-state index is 3.60. The van der Waals surface area contributed by atoms with Gasteiger partial charge in [0.15, 0.2) is 0 Å². The van der Waals surface area contributed by atoms with E-state index in [-0.39, 0.29) is 0 Å². The topological polar surface area (TPSA) is 15.3 Å². The molecule has 0 aromatic heterocycles. The van der Waals surface area contributed by atoms with Crippen molar-refractivity contribution in [2.75, 3.05) is 19.6 Å². The van der Waals surface area contributed by atoms with Crippen LogP contribution in [0.15, 0.2) is 0 Å². The standard InChI is InChI=1S/C17H32N2/c1-2-19(16-6-5-13-18-14-16)15-7-11-17(12-8-15)9-3-4-10-17/h15-16,18H,2-14H2,1H3. The average molecular weight is 264 g/mol. The van der Waals surface area contributed by atoms with Gasteiger partial charge in [-0.25, -0.2) is 0 Å². The second-order valence-corrected chi connectivity index (χ2v) is 7.27. The first-order valence-electron chi connectivity index (χ1n) is 8.79. The van der Waals surface area contributed by atoms with E-state index in [1.165, 1.54) is 83.8 Å². The summed E-state index contributed by atoms with van der Waals surface area (Å²) >= 11 is 0. The average Bonchev–Trinajstić information content (AvgIpc) is 2.92. The lowest BCUT2D eigenvalue weighted by molar-refractivity contribution is 0.0554.